The molecule has 0 unspecified atom stereocenters. The lowest BCUT2D eigenvalue weighted by Gasteiger charge is -2.13. The molecule has 0 fully saturated rings. The van der Waals surface area contributed by atoms with Gasteiger partial charge in [0.25, 0.3) is 5.69 Å². The number of benzene rings is 1. The average Bonchev–Trinajstić information content (AvgIpc) is 2.38. The number of nitrogen functional groups attached to an aromatic ring is 1. The topological polar surface area (TPSA) is 94.5 Å². The monoisotopic (exact) mass is 274 g/mol. The van der Waals surface area contributed by atoms with Crippen molar-refractivity contribution in [2.24, 2.45) is 0 Å². The Morgan fingerprint density at radius 1 is 1.30 bits per heavy atom. The van der Waals surface area contributed by atoms with E-state index < -0.39 is 4.92 Å². The molecule has 0 atom stereocenters. The minimum atomic E-state index is -0.541. The van der Waals surface area contributed by atoms with Crippen molar-refractivity contribution in [1.82, 2.24) is 4.98 Å². The Bertz CT molecular complexity index is 643. The lowest BCUT2D eigenvalue weighted by atomic mass is 10.3. The van der Waals surface area contributed by atoms with Crippen LogP contribution in [0.4, 0.5) is 17.2 Å². The molecule has 0 bridgehead atoms. The van der Waals surface area contributed by atoms with Crippen molar-refractivity contribution in [1.29, 1.82) is 0 Å². The number of anilines is 2. The van der Waals surface area contributed by atoms with Gasteiger partial charge >= 0.3 is 0 Å². The summed E-state index contributed by atoms with van der Waals surface area (Å²) in [6.07, 6.45) is 0. The van der Waals surface area contributed by atoms with Crippen LogP contribution in [-0.4, -0.2) is 24.0 Å². The number of hydrogen-bond acceptors (Lipinski definition) is 6. The van der Waals surface area contributed by atoms with Gasteiger partial charge < -0.3 is 15.4 Å². The molecule has 20 heavy (non-hydrogen) atoms. The highest BCUT2D eigenvalue weighted by molar-refractivity contribution is 5.51. The van der Waals surface area contributed by atoms with Gasteiger partial charge in [-0.3, -0.25) is 10.1 Å². The van der Waals surface area contributed by atoms with Gasteiger partial charge in [-0.25, -0.2) is 0 Å². The summed E-state index contributed by atoms with van der Waals surface area (Å²) in [5.74, 6) is 0.661. The minimum absolute atomic E-state index is 0.0398. The fourth-order valence-corrected chi connectivity index (χ4v) is 1.62. The van der Waals surface area contributed by atoms with Crippen molar-refractivity contribution in [3.63, 3.8) is 0 Å². The van der Waals surface area contributed by atoms with Gasteiger partial charge in [-0.05, 0) is 12.1 Å². The van der Waals surface area contributed by atoms with Crippen LogP contribution in [0.5, 0.6) is 11.6 Å². The molecule has 1 aromatic carbocycles. The number of nitrogens with zero attached hydrogens (tertiary/aromatic N) is 3. The van der Waals surface area contributed by atoms with Crippen LogP contribution < -0.4 is 15.4 Å². The largest absolute Gasteiger partial charge is 0.439 e. The predicted octanol–water partition coefficient (Wildman–Crippen LogP) is 2.43. The smallest absolute Gasteiger partial charge is 0.278 e. The van der Waals surface area contributed by atoms with E-state index in [9.17, 15) is 10.1 Å². The van der Waals surface area contributed by atoms with E-state index in [1.165, 1.54) is 12.1 Å². The summed E-state index contributed by atoms with van der Waals surface area (Å²) in [5, 5.41) is 10.8. The molecule has 0 spiro atoms. The van der Waals surface area contributed by atoms with Crippen molar-refractivity contribution < 1.29 is 9.66 Å². The van der Waals surface area contributed by atoms with Gasteiger partial charge in [-0.2, -0.15) is 4.98 Å². The minimum Gasteiger partial charge on any atom is -0.439 e. The van der Waals surface area contributed by atoms with Crippen molar-refractivity contribution in [2.75, 3.05) is 24.7 Å². The number of aromatic nitrogens is 1. The zero-order valence-corrected chi connectivity index (χ0v) is 11.1. The third-order valence-corrected chi connectivity index (χ3v) is 2.57. The number of hydrogen-bond donors (Lipinski definition) is 1. The maximum absolute atomic E-state index is 10.8. The van der Waals surface area contributed by atoms with Gasteiger partial charge in [0.1, 0.15) is 11.6 Å². The van der Waals surface area contributed by atoms with E-state index in [2.05, 4.69) is 4.98 Å². The third kappa shape index (κ3) is 3.14. The highest BCUT2D eigenvalue weighted by Crippen LogP contribution is 2.27. The Labute approximate surface area is 115 Å². The maximum atomic E-state index is 10.8. The third-order valence-electron chi connectivity index (χ3n) is 2.57. The fraction of sp³-hybridized carbons (Fsp3) is 0.154. The van der Waals surface area contributed by atoms with E-state index in [0.29, 0.717) is 5.75 Å². The first-order valence-corrected chi connectivity index (χ1v) is 5.83. The molecule has 0 amide bonds. The summed E-state index contributed by atoms with van der Waals surface area (Å²) in [6.45, 7) is 0. The lowest BCUT2D eigenvalue weighted by molar-refractivity contribution is -0.384. The van der Waals surface area contributed by atoms with E-state index in [1.54, 1.807) is 12.1 Å². The van der Waals surface area contributed by atoms with E-state index >= 15 is 0 Å². The van der Waals surface area contributed by atoms with Crippen LogP contribution in [0, 0.1) is 10.1 Å². The van der Waals surface area contributed by atoms with Crippen molar-refractivity contribution >= 4 is 17.2 Å². The van der Waals surface area contributed by atoms with Gasteiger partial charge in [0.15, 0.2) is 0 Å². The van der Waals surface area contributed by atoms with Crippen molar-refractivity contribution in [3.05, 3.63) is 46.5 Å². The maximum Gasteiger partial charge on any atom is 0.278 e. The molecule has 1 aromatic heterocycles. The fourth-order valence-electron chi connectivity index (χ4n) is 1.62. The summed E-state index contributed by atoms with van der Waals surface area (Å²) in [4.78, 5) is 16.1. The van der Waals surface area contributed by atoms with Gasteiger partial charge in [-0.1, -0.05) is 6.07 Å². The summed E-state index contributed by atoms with van der Waals surface area (Å²) in [6, 6.07) is 9.70. The molecule has 0 saturated carbocycles. The Morgan fingerprint density at radius 2 is 2.05 bits per heavy atom. The van der Waals surface area contributed by atoms with Crippen molar-refractivity contribution in [2.45, 2.75) is 0 Å². The Kier molecular flexibility index (Phi) is 3.69. The number of nitrogens with two attached hydrogens (primary N) is 1. The van der Waals surface area contributed by atoms with Gasteiger partial charge in [0, 0.05) is 25.8 Å². The number of pyridine rings is 1. The zero-order chi connectivity index (χ0) is 14.7. The number of ether oxygens (including phenoxy) is 1. The van der Waals surface area contributed by atoms with Crippen LogP contribution in [0.25, 0.3) is 0 Å². The van der Waals surface area contributed by atoms with E-state index in [1.807, 2.05) is 31.1 Å². The predicted molar refractivity (Wildman–Crippen MR) is 76.1 cm³/mol. The average molecular weight is 274 g/mol. The Balaban J connectivity index is 2.30. The summed E-state index contributed by atoms with van der Waals surface area (Å²) in [5.41, 5.74) is 6.31. The van der Waals surface area contributed by atoms with E-state index in [0.717, 1.165) is 5.69 Å². The molecule has 0 aliphatic heterocycles. The first-order valence-electron chi connectivity index (χ1n) is 5.83. The molecule has 0 saturated heterocycles. The Hall–Kier alpha value is -2.83. The molecule has 7 nitrogen and oxygen atoms in total. The normalized spacial score (nSPS) is 10.1. The second kappa shape index (κ2) is 5.43. The molecule has 2 N–H and O–H groups in total. The number of nitro groups is 1. The van der Waals surface area contributed by atoms with Crippen LogP contribution in [0.1, 0.15) is 0 Å². The first-order chi connectivity index (χ1) is 9.45. The highest BCUT2D eigenvalue weighted by Gasteiger charge is 2.11. The quantitative estimate of drug-likeness (QED) is 0.679. The zero-order valence-electron chi connectivity index (χ0n) is 11.1. The van der Waals surface area contributed by atoms with Crippen LogP contribution in [0.3, 0.4) is 0 Å². The molecule has 0 aliphatic carbocycles. The standard InChI is InChI=1S/C13H14N4O3/c1-16(2)9-4-3-5-11(6-9)20-13-8-10(17(18)19)7-12(14)15-13/h3-8H,1-2H3,(H2,14,15). The van der Waals surface area contributed by atoms with E-state index in [-0.39, 0.29) is 17.4 Å². The lowest BCUT2D eigenvalue weighted by Crippen LogP contribution is -2.08. The number of rotatable bonds is 4. The summed E-state index contributed by atoms with van der Waals surface area (Å²) in [7, 11) is 3.81. The van der Waals surface area contributed by atoms with Gasteiger partial charge in [-0.15, -0.1) is 0 Å². The molecule has 2 rings (SSSR count). The molecular formula is C13H14N4O3. The second-order valence-electron chi connectivity index (χ2n) is 4.34. The van der Waals surface area contributed by atoms with Crippen LogP contribution >= 0.6 is 0 Å². The summed E-state index contributed by atoms with van der Waals surface area (Å²) < 4.78 is 5.52. The van der Waals surface area contributed by atoms with Crippen LogP contribution in [0.15, 0.2) is 36.4 Å². The Morgan fingerprint density at radius 3 is 2.70 bits per heavy atom. The first kappa shape index (κ1) is 13.6. The SMILES string of the molecule is CN(C)c1cccc(Oc2cc([N+](=O)[O-])cc(N)n2)c1. The molecule has 0 aliphatic rings. The van der Waals surface area contributed by atoms with Gasteiger partial charge in [0.2, 0.25) is 5.88 Å². The van der Waals surface area contributed by atoms with E-state index in [4.69, 9.17) is 10.5 Å². The summed E-state index contributed by atoms with van der Waals surface area (Å²) >= 11 is 0. The highest BCUT2D eigenvalue weighted by atomic mass is 16.6. The second-order valence-corrected chi connectivity index (χ2v) is 4.34. The van der Waals surface area contributed by atoms with Gasteiger partial charge in [0.05, 0.1) is 17.1 Å². The molecule has 1 heterocycles. The molecule has 2 aromatic rings. The van der Waals surface area contributed by atoms with Crippen molar-refractivity contribution in [3.8, 4) is 11.6 Å². The molecule has 0 radical (unpaired) electrons. The van der Waals surface area contributed by atoms with Crippen LogP contribution in [0.2, 0.25) is 0 Å². The van der Waals surface area contributed by atoms with Crippen LogP contribution in [-0.2, 0) is 0 Å². The molecule has 7 heteroatoms. The molecule has 104 valence electrons. The molecular weight excluding hydrogens is 260 g/mol.